The number of halogens is 1. The summed E-state index contributed by atoms with van der Waals surface area (Å²) < 4.78 is 24.7. The Kier molecular flexibility index (Phi) is 9.99. The zero-order valence-corrected chi connectivity index (χ0v) is 22.0. The summed E-state index contributed by atoms with van der Waals surface area (Å²) in [5.74, 6) is 0.126. The minimum absolute atomic E-state index is 0.000284. The summed E-state index contributed by atoms with van der Waals surface area (Å²) in [7, 11) is 0. The number of carbonyl (C=O) groups excluding carboxylic acids is 2. The van der Waals surface area contributed by atoms with E-state index in [1.54, 1.807) is 54.6 Å². The van der Waals surface area contributed by atoms with Gasteiger partial charge in [-0.05, 0) is 66.1 Å². The van der Waals surface area contributed by atoms with Crippen molar-refractivity contribution in [1.29, 1.82) is 0 Å². The number of hydrazone groups is 1. The number of hydrogen-bond acceptors (Lipinski definition) is 5. The number of nitrogens with zero attached hydrogens (tertiary/aromatic N) is 1. The molecule has 4 aromatic carbocycles. The fourth-order valence-electron chi connectivity index (χ4n) is 3.91. The van der Waals surface area contributed by atoms with Crippen LogP contribution in [0.1, 0.15) is 46.4 Å². The second-order valence-electron chi connectivity index (χ2n) is 8.85. The first kappa shape index (κ1) is 28.0. The molecule has 0 aliphatic carbocycles. The molecule has 0 saturated carbocycles. The molecule has 8 heteroatoms. The van der Waals surface area contributed by atoms with Crippen LogP contribution in [0.4, 0.5) is 4.39 Å². The molecular formula is C32H30FN3O4. The Bertz CT molecular complexity index is 1430. The van der Waals surface area contributed by atoms with Crippen molar-refractivity contribution in [1.82, 2.24) is 10.7 Å². The number of ether oxygens (including phenoxy) is 2. The molecule has 40 heavy (non-hydrogen) atoms. The van der Waals surface area contributed by atoms with Crippen molar-refractivity contribution in [3.8, 4) is 11.5 Å². The van der Waals surface area contributed by atoms with Crippen LogP contribution in [0.3, 0.4) is 0 Å². The smallest absolute Gasteiger partial charge is 0.251 e. The van der Waals surface area contributed by atoms with Crippen molar-refractivity contribution in [3.05, 3.63) is 131 Å². The molecule has 0 fully saturated rings. The van der Waals surface area contributed by atoms with Gasteiger partial charge >= 0.3 is 0 Å². The van der Waals surface area contributed by atoms with Crippen molar-refractivity contribution in [2.24, 2.45) is 5.10 Å². The molecule has 4 rings (SSSR count). The van der Waals surface area contributed by atoms with E-state index in [0.717, 1.165) is 11.1 Å². The summed E-state index contributed by atoms with van der Waals surface area (Å²) in [6.45, 7) is 2.55. The Morgan fingerprint density at radius 2 is 1.57 bits per heavy atom. The van der Waals surface area contributed by atoms with E-state index < -0.39 is 6.04 Å². The van der Waals surface area contributed by atoms with Crippen LogP contribution in [-0.2, 0) is 11.4 Å². The third kappa shape index (κ3) is 8.26. The zero-order chi connectivity index (χ0) is 28.2. The van der Waals surface area contributed by atoms with Gasteiger partial charge in [-0.3, -0.25) is 9.59 Å². The molecule has 204 valence electrons. The van der Waals surface area contributed by atoms with Crippen molar-refractivity contribution in [2.45, 2.75) is 26.0 Å². The van der Waals surface area contributed by atoms with E-state index in [0.29, 0.717) is 29.2 Å². The van der Waals surface area contributed by atoms with Crippen LogP contribution >= 0.6 is 0 Å². The Morgan fingerprint density at radius 3 is 2.27 bits per heavy atom. The summed E-state index contributed by atoms with van der Waals surface area (Å²) in [4.78, 5) is 25.5. The number of rotatable bonds is 12. The third-order valence-electron chi connectivity index (χ3n) is 5.91. The highest BCUT2D eigenvalue weighted by Gasteiger charge is 2.19. The highest BCUT2D eigenvalue weighted by molar-refractivity contribution is 5.94. The van der Waals surface area contributed by atoms with Gasteiger partial charge < -0.3 is 14.8 Å². The molecule has 0 spiro atoms. The topological polar surface area (TPSA) is 89.0 Å². The van der Waals surface area contributed by atoms with Gasteiger partial charge in [-0.15, -0.1) is 0 Å². The predicted molar refractivity (Wildman–Crippen MR) is 152 cm³/mol. The second kappa shape index (κ2) is 14.2. The van der Waals surface area contributed by atoms with Crippen LogP contribution in [0.2, 0.25) is 0 Å². The van der Waals surface area contributed by atoms with Crippen LogP contribution < -0.4 is 20.2 Å². The van der Waals surface area contributed by atoms with Crippen LogP contribution in [0, 0.1) is 5.82 Å². The number of benzene rings is 4. The lowest BCUT2D eigenvalue weighted by Gasteiger charge is -2.18. The fraction of sp³-hybridized carbons (Fsp3) is 0.156. The molecule has 0 unspecified atom stereocenters. The minimum atomic E-state index is -0.536. The predicted octanol–water partition coefficient (Wildman–Crippen LogP) is 5.81. The summed E-state index contributed by atoms with van der Waals surface area (Å²) in [6, 6.07) is 29.0. The lowest BCUT2D eigenvalue weighted by atomic mass is 10.0. The summed E-state index contributed by atoms with van der Waals surface area (Å²) in [5.41, 5.74) is 5.37. The van der Waals surface area contributed by atoms with Crippen LogP contribution in [0.25, 0.3) is 0 Å². The van der Waals surface area contributed by atoms with Crippen molar-refractivity contribution >= 4 is 18.0 Å². The molecule has 0 aliphatic rings. The zero-order valence-electron chi connectivity index (χ0n) is 22.0. The number of nitrogens with one attached hydrogen (secondary N) is 2. The Morgan fingerprint density at radius 1 is 0.875 bits per heavy atom. The van der Waals surface area contributed by atoms with E-state index in [9.17, 15) is 14.0 Å². The maximum atomic E-state index is 13.1. The van der Waals surface area contributed by atoms with Gasteiger partial charge in [0, 0.05) is 5.56 Å². The van der Waals surface area contributed by atoms with Gasteiger partial charge in [0.05, 0.1) is 25.3 Å². The maximum absolute atomic E-state index is 13.1. The SMILES string of the molecule is CCOc1cc(/C=N\NC(=O)C[C@@H](NC(=O)c2ccccc2)c2ccccc2)ccc1OCc1ccc(F)cc1. The van der Waals surface area contributed by atoms with E-state index >= 15 is 0 Å². The van der Waals surface area contributed by atoms with E-state index in [1.165, 1.54) is 18.3 Å². The first-order valence-corrected chi connectivity index (χ1v) is 12.9. The van der Waals surface area contributed by atoms with Crippen LogP contribution in [0.15, 0.2) is 108 Å². The Labute approximate surface area is 232 Å². The molecular weight excluding hydrogens is 509 g/mol. The molecule has 0 saturated heterocycles. The summed E-state index contributed by atoms with van der Waals surface area (Å²) in [5, 5.41) is 7.03. The number of carbonyl (C=O) groups is 2. The lowest BCUT2D eigenvalue weighted by Crippen LogP contribution is -2.32. The van der Waals surface area contributed by atoms with Gasteiger partial charge in [-0.1, -0.05) is 60.7 Å². The van der Waals surface area contributed by atoms with Crippen molar-refractivity contribution < 1.29 is 23.5 Å². The normalized spacial score (nSPS) is 11.6. The lowest BCUT2D eigenvalue weighted by molar-refractivity contribution is -0.121. The first-order valence-electron chi connectivity index (χ1n) is 12.9. The van der Waals surface area contributed by atoms with E-state index in [-0.39, 0.29) is 30.7 Å². The van der Waals surface area contributed by atoms with Crippen molar-refractivity contribution in [3.63, 3.8) is 0 Å². The van der Waals surface area contributed by atoms with Gasteiger partial charge in [0.15, 0.2) is 11.5 Å². The highest BCUT2D eigenvalue weighted by Crippen LogP contribution is 2.29. The van der Waals surface area contributed by atoms with Gasteiger partial charge in [-0.25, -0.2) is 9.82 Å². The summed E-state index contributed by atoms with van der Waals surface area (Å²) >= 11 is 0. The van der Waals surface area contributed by atoms with E-state index in [1.807, 2.05) is 43.3 Å². The molecule has 0 aromatic heterocycles. The van der Waals surface area contributed by atoms with Gasteiger partial charge in [-0.2, -0.15) is 5.10 Å². The summed E-state index contributed by atoms with van der Waals surface area (Å²) in [6.07, 6.45) is 1.50. The molecule has 7 nitrogen and oxygen atoms in total. The van der Waals surface area contributed by atoms with Gasteiger partial charge in [0.2, 0.25) is 5.91 Å². The minimum Gasteiger partial charge on any atom is -0.490 e. The average molecular weight is 540 g/mol. The van der Waals surface area contributed by atoms with Crippen LogP contribution in [0.5, 0.6) is 11.5 Å². The maximum Gasteiger partial charge on any atom is 0.251 e. The van der Waals surface area contributed by atoms with E-state index in [2.05, 4.69) is 15.8 Å². The monoisotopic (exact) mass is 539 g/mol. The number of hydrogen-bond donors (Lipinski definition) is 2. The quantitative estimate of drug-likeness (QED) is 0.176. The first-order chi connectivity index (χ1) is 19.5. The van der Waals surface area contributed by atoms with Gasteiger partial charge in [0.1, 0.15) is 12.4 Å². The largest absolute Gasteiger partial charge is 0.490 e. The van der Waals surface area contributed by atoms with Crippen LogP contribution in [-0.4, -0.2) is 24.6 Å². The van der Waals surface area contributed by atoms with Gasteiger partial charge in [0.25, 0.3) is 5.91 Å². The van der Waals surface area contributed by atoms with E-state index in [4.69, 9.17) is 9.47 Å². The molecule has 0 aliphatic heterocycles. The molecule has 2 N–H and O–H groups in total. The number of amides is 2. The Balaban J connectivity index is 1.38. The standard InChI is InChI=1S/C32H30FN3O4/c1-2-39-30-19-24(15-18-29(30)40-22-23-13-16-27(33)17-14-23)21-34-36-31(37)20-28(25-9-5-3-6-10-25)35-32(38)26-11-7-4-8-12-26/h3-19,21,28H,2,20,22H2,1H3,(H,35,38)(H,36,37)/b34-21-/t28-/m1/s1. The molecule has 0 heterocycles. The molecule has 2 amide bonds. The second-order valence-corrected chi connectivity index (χ2v) is 8.85. The molecule has 4 aromatic rings. The highest BCUT2D eigenvalue weighted by atomic mass is 19.1. The molecule has 1 atom stereocenters. The van der Waals surface area contributed by atoms with Crippen molar-refractivity contribution in [2.75, 3.05) is 6.61 Å². The average Bonchev–Trinajstić information content (AvgIpc) is 2.98. The molecule has 0 bridgehead atoms. The Hall–Kier alpha value is -4.98. The molecule has 0 radical (unpaired) electrons. The fourth-order valence-corrected chi connectivity index (χ4v) is 3.91. The third-order valence-corrected chi connectivity index (χ3v) is 5.91.